The molecular weight excluding hydrogens is 889 g/mol. The van der Waals surface area contributed by atoms with E-state index < -0.39 is 47.4 Å². The quantitative estimate of drug-likeness (QED) is 0.0900. The number of aromatic nitrogens is 4. The molecule has 348 valence electrons. The molecule has 1 fully saturated rings. The van der Waals surface area contributed by atoms with Gasteiger partial charge in [-0.25, -0.2) is 4.98 Å². The molecule has 1 saturated heterocycles. The zero-order valence-corrected chi connectivity index (χ0v) is 40.3. The Labute approximate surface area is 397 Å². The van der Waals surface area contributed by atoms with Gasteiger partial charge in [0.25, 0.3) is 5.91 Å². The Bertz CT molecular complexity index is 2860. The Morgan fingerprint density at radius 3 is 2.15 bits per heavy atom. The number of fused-ring (bicyclic) bond motifs is 3. The van der Waals surface area contributed by atoms with Crippen LogP contribution in [-0.4, -0.2) is 95.6 Å². The van der Waals surface area contributed by atoms with E-state index in [1.54, 1.807) is 34.8 Å². The molecule has 0 aliphatic carbocycles. The third-order valence-electron chi connectivity index (χ3n) is 12.4. The lowest BCUT2D eigenvalue weighted by Gasteiger charge is -2.35. The summed E-state index contributed by atoms with van der Waals surface area (Å²) in [7, 11) is 0. The van der Waals surface area contributed by atoms with Gasteiger partial charge in [-0.15, -0.1) is 32.9 Å². The number of aryl methyl sites for hydroxylation is 3. The van der Waals surface area contributed by atoms with Gasteiger partial charge in [0.05, 0.1) is 40.4 Å². The van der Waals surface area contributed by atoms with E-state index in [1.807, 2.05) is 119 Å². The maximum absolute atomic E-state index is 14.2. The third-order valence-corrected chi connectivity index (χ3v) is 14.6. The van der Waals surface area contributed by atoms with Crippen molar-refractivity contribution in [1.82, 2.24) is 35.3 Å². The van der Waals surface area contributed by atoms with Crippen molar-refractivity contribution in [3.05, 3.63) is 123 Å². The number of thiazole rings is 1. The summed E-state index contributed by atoms with van der Waals surface area (Å²) in [6, 6.07) is 20.1. The summed E-state index contributed by atoms with van der Waals surface area (Å²) in [5, 5.41) is 35.9. The fourth-order valence-electron chi connectivity index (χ4n) is 8.62. The third kappa shape index (κ3) is 9.80. The molecule has 6 aromatic rings. The lowest BCUT2D eigenvalue weighted by atomic mass is 9.85. The van der Waals surface area contributed by atoms with Gasteiger partial charge in [0, 0.05) is 29.0 Å². The van der Waals surface area contributed by atoms with Gasteiger partial charge in [0.1, 0.15) is 34.7 Å². The topological polar surface area (TPSA) is 201 Å². The molecule has 67 heavy (non-hydrogen) atoms. The van der Waals surface area contributed by atoms with E-state index in [-0.39, 0.29) is 37.9 Å². The fraction of sp³-hybridized carbons (Fsp3) is 0.360. The highest BCUT2D eigenvalue weighted by Crippen LogP contribution is 2.40. The number of hydrogen-bond donors (Lipinski definition) is 4. The number of hydrogen-bond acceptors (Lipinski definition) is 12. The number of rotatable bonds is 13. The van der Waals surface area contributed by atoms with Gasteiger partial charge in [0.15, 0.2) is 12.4 Å². The van der Waals surface area contributed by atoms with Crippen LogP contribution in [0.25, 0.3) is 26.6 Å². The van der Waals surface area contributed by atoms with Crippen LogP contribution in [0, 0.1) is 33.1 Å². The first-order valence-corrected chi connectivity index (χ1v) is 23.8. The molecule has 8 rings (SSSR count). The van der Waals surface area contributed by atoms with E-state index in [2.05, 4.69) is 32.7 Å². The van der Waals surface area contributed by atoms with Crippen molar-refractivity contribution in [1.29, 1.82) is 0 Å². The molecule has 0 saturated carbocycles. The Balaban J connectivity index is 0.902. The van der Waals surface area contributed by atoms with Crippen LogP contribution < -0.4 is 15.4 Å². The van der Waals surface area contributed by atoms with Crippen molar-refractivity contribution < 1.29 is 34.1 Å². The number of aliphatic hydroxyl groups is 1. The number of thiophene rings is 1. The zero-order chi connectivity index (χ0) is 47.9. The number of ether oxygens (including phenoxy) is 1. The number of β-amino-alcohol motifs (C(OH)–C–C–N with tert-alkyl or cyclic N) is 1. The van der Waals surface area contributed by atoms with Gasteiger partial charge in [-0.3, -0.25) is 28.7 Å². The zero-order valence-electron chi connectivity index (χ0n) is 38.7. The largest absolute Gasteiger partial charge is 0.484 e. The fourth-order valence-corrected chi connectivity index (χ4v) is 10.6. The van der Waals surface area contributed by atoms with Crippen molar-refractivity contribution in [2.75, 3.05) is 13.2 Å². The molecule has 5 atom stereocenters. The molecule has 3 aromatic carbocycles. The Morgan fingerprint density at radius 2 is 1.52 bits per heavy atom. The lowest BCUT2D eigenvalue weighted by molar-refractivity contribution is -0.144. The van der Waals surface area contributed by atoms with Crippen molar-refractivity contribution in [2.24, 2.45) is 10.4 Å². The normalized spacial score (nSPS) is 17.7. The second-order valence-electron chi connectivity index (χ2n) is 18.3. The number of carboxylic acids is 1. The Morgan fingerprint density at radius 1 is 0.881 bits per heavy atom. The average Bonchev–Trinajstić information content (AvgIpc) is 4.06. The highest BCUT2D eigenvalue weighted by atomic mass is 32.1. The van der Waals surface area contributed by atoms with Crippen molar-refractivity contribution in [3.8, 4) is 32.3 Å². The summed E-state index contributed by atoms with van der Waals surface area (Å²) in [6.07, 6.45) is -1.05. The van der Waals surface area contributed by atoms with Crippen LogP contribution in [0.15, 0.2) is 83.3 Å². The van der Waals surface area contributed by atoms with Gasteiger partial charge in [-0.1, -0.05) is 81.4 Å². The molecule has 3 amide bonds. The minimum atomic E-state index is -1.01. The summed E-state index contributed by atoms with van der Waals surface area (Å²) in [4.78, 5) is 66.3. The SMILES string of the molecule is Cc1ncsc1-c1ccc(C(C)NC(=O)[C@@H]2C[C@@H](O)CN2C(=O)C(NC(=O)COc2ccc(-c3ccc(C4=N[C@@H](CC(=O)O)c5nnc(C)n5-c5sc(C)c(C)c54)cc3)cc2)C(C)(C)C)cc1. The molecular formula is C50H54N8O7S2. The van der Waals surface area contributed by atoms with Crippen LogP contribution in [0.4, 0.5) is 0 Å². The van der Waals surface area contributed by atoms with Crippen LogP contribution in [0.2, 0.25) is 0 Å². The maximum atomic E-state index is 14.2. The summed E-state index contributed by atoms with van der Waals surface area (Å²) >= 11 is 3.18. The highest BCUT2D eigenvalue weighted by molar-refractivity contribution is 7.15. The average molecular weight is 943 g/mol. The number of benzene rings is 3. The van der Waals surface area contributed by atoms with Crippen molar-refractivity contribution in [2.45, 2.75) is 98.5 Å². The predicted molar refractivity (Wildman–Crippen MR) is 258 cm³/mol. The molecule has 0 spiro atoms. The standard InChI is InChI=1S/C50H54N8O7S2/c1-26-29(4)67-49-42(26)43(53-38(22-41(61)62)46-56-55-30(5)58(46)49)34-13-11-32(12-14-34)33-17-19-37(20-18-33)65-24-40(60)54-45(50(6,7)8)48(64)57-23-36(59)21-39(57)47(63)52-27(2)31-9-15-35(16-10-31)44-28(3)51-25-66-44/h9-20,25,27,36,38-39,45,59H,21-24H2,1-8H3,(H,52,63)(H,54,60)(H,61,62)/t27?,36-,38+,39+,45?/m1/s1. The maximum Gasteiger partial charge on any atom is 0.306 e. The number of carbonyl (C=O) groups excluding carboxylic acids is 3. The Hall–Kier alpha value is -6.56. The monoisotopic (exact) mass is 942 g/mol. The van der Waals surface area contributed by atoms with E-state index in [4.69, 9.17) is 9.73 Å². The number of likely N-dealkylation sites (tertiary alicyclic amines) is 1. The molecule has 0 bridgehead atoms. The molecule has 2 unspecified atom stereocenters. The minimum absolute atomic E-state index is 0.0382. The number of nitrogens with zero attached hydrogens (tertiary/aromatic N) is 6. The number of aliphatic carboxylic acids is 1. The van der Waals surface area contributed by atoms with Crippen molar-refractivity contribution in [3.63, 3.8) is 0 Å². The number of aliphatic hydroxyl groups excluding tert-OH is 1. The van der Waals surface area contributed by atoms with Crippen LogP contribution in [0.3, 0.4) is 0 Å². The number of aliphatic imine (C=N–C) groups is 1. The predicted octanol–water partition coefficient (Wildman–Crippen LogP) is 7.47. The second kappa shape index (κ2) is 19.0. The van der Waals surface area contributed by atoms with E-state index in [0.29, 0.717) is 23.1 Å². The number of nitrogens with one attached hydrogen (secondary N) is 2. The van der Waals surface area contributed by atoms with Gasteiger partial charge < -0.3 is 30.5 Å². The Kier molecular flexibility index (Phi) is 13.3. The smallest absolute Gasteiger partial charge is 0.306 e. The second-order valence-corrected chi connectivity index (χ2v) is 20.3. The van der Waals surface area contributed by atoms with Gasteiger partial charge in [-0.05, 0) is 80.0 Å². The molecule has 3 aromatic heterocycles. The first kappa shape index (κ1) is 47.0. The van der Waals surface area contributed by atoms with E-state index in [9.17, 15) is 29.4 Å². The molecule has 5 heterocycles. The van der Waals surface area contributed by atoms with Gasteiger partial charge >= 0.3 is 5.97 Å². The summed E-state index contributed by atoms with van der Waals surface area (Å²) in [5.74, 6) is -0.720. The van der Waals surface area contributed by atoms with Crippen LogP contribution in [-0.2, 0) is 19.2 Å². The first-order valence-electron chi connectivity index (χ1n) is 22.1. The molecule has 0 radical (unpaired) electrons. The molecule has 2 aliphatic rings. The van der Waals surface area contributed by atoms with Gasteiger partial charge in [-0.2, -0.15) is 0 Å². The number of amides is 3. The number of carbonyl (C=O) groups is 4. The van der Waals surface area contributed by atoms with Crippen LogP contribution >= 0.6 is 22.7 Å². The van der Waals surface area contributed by atoms with E-state index in [0.717, 1.165) is 59.4 Å². The van der Waals surface area contributed by atoms with Crippen molar-refractivity contribution >= 4 is 52.1 Å². The summed E-state index contributed by atoms with van der Waals surface area (Å²) < 4.78 is 7.82. The van der Waals surface area contributed by atoms with E-state index in [1.165, 1.54) is 4.90 Å². The van der Waals surface area contributed by atoms with Gasteiger partial charge in [0.2, 0.25) is 11.8 Å². The highest BCUT2D eigenvalue weighted by Gasteiger charge is 2.45. The van der Waals surface area contributed by atoms with Crippen LogP contribution in [0.1, 0.15) is 97.1 Å². The van der Waals surface area contributed by atoms with E-state index >= 15 is 0 Å². The summed E-state index contributed by atoms with van der Waals surface area (Å²) in [6.45, 7) is 14.9. The molecule has 17 heteroatoms. The molecule has 4 N–H and O–H groups in total. The molecule has 2 aliphatic heterocycles. The minimum Gasteiger partial charge on any atom is -0.484 e. The number of carboxylic acid groups (broad SMARTS) is 1. The van der Waals surface area contributed by atoms with Crippen LogP contribution in [0.5, 0.6) is 5.75 Å². The summed E-state index contributed by atoms with van der Waals surface area (Å²) in [5.41, 5.74) is 9.32. The molecule has 15 nitrogen and oxygen atoms in total. The first-order chi connectivity index (χ1) is 31.9. The lowest BCUT2D eigenvalue weighted by Crippen LogP contribution is -2.58.